The molecule has 3 rings (SSSR count). The Labute approximate surface area is 304 Å². The molecule has 1 amide bonds. The van der Waals surface area contributed by atoms with E-state index in [2.05, 4.69) is 23.8 Å². The number of aryl methyl sites for hydroxylation is 1. The number of nitrogens with zero attached hydrogens (tertiary/aromatic N) is 3. The smallest absolute Gasteiger partial charge is 0.431 e. The third-order valence-corrected chi connectivity index (χ3v) is 10.1. The average molecular weight is 692 g/mol. The van der Waals surface area contributed by atoms with Gasteiger partial charge in [0.25, 0.3) is 0 Å². The second kappa shape index (κ2) is 26.8. The largest absolute Gasteiger partial charge is 0.514 e. The van der Waals surface area contributed by atoms with Gasteiger partial charge in [-0.25, -0.2) is 14.8 Å². The topological polar surface area (TPSA) is 81.6 Å². The van der Waals surface area contributed by atoms with Crippen LogP contribution >= 0.6 is 0 Å². The van der Waals surface area contributed by atoms with Gasteiger partial charge < -0.3 is 14.4 Å². The van der Waals surface area contributed by atoms with Crippen LogP contribution in [0.3, 0.4) is 0 Å². The predicted octanol–water partition coefficient (Wildman–Crippen LogP) is 12.2. The quantitative estimate of drug-likeness (QED) is 0.0527. The summed E-state index contributed by atoms with van der Waals surface area (Å²) in [4.78, 5) is 36.3. The number of hydrogen-bond acceptors (Lipinski definition) is 6. The third kappa shape index (κ3) is 18.3. The fourth-order valence-electron chi connectivity index (χ4n) is 6.87. The van der Waals surface area contributed by atoms with Crippen molar-refractivity contribution < 1.29 is 19.1 Å². The van der Waals surface area contributed by atoms with Gasteiger partial charge in [0, 0.05) is 56.7 Å². The van der Waals surface area contributed by atoms with Crippen molar-refractivity contribution >= 4 is 12.1 Å². The van der Waals surface area contributed by atoms with E-state index < -0.39 is 6.16 Å². The summed E-state index contributed by atoms with van der Waals surface area (Å²) in [7, 11) is 0. The van der Waals surface area contributed by atoms with E-state index in [9.17, 15) is 9.59 Å². The number of rotatable bonds is 27. The fourth-order valence-corrected chi connectivity index (χ4v) is 6.87. The summed E-state index contributed by atoms with van der Waals surface area (Å²) in [5.74, 6) is 1.56. The molecule has 0 bridgehead atoms. The highest BCUT2D eigenvalue weighted by Gasteiger charge is 2.25. The summed E-state index contributed by atoms with van der Waals surface area (Å²) in [6.45, 7) is 5.79. The minimum atomic E-state index is -0.696. The molecule has 50 heavy (non-hydrogen) atoms. The highest BCUT2D eigenvalue weighted by Crippen LogP contribution is 2.23. The van der Waals surface area contributed by atoms with E-state index in [4.69, 9.17) is 9.47 Å². The molecule has 2 aromatic rings. The maximum Gasteiger partial charge on any atom is 0.514 e. The standard InChI is InChI=1S/C43H69N3O4/c1-3-5-7-9-11-13-14-15-16-18-20-22-24-26-42(47)46-33-31-40(32-34-46)50-43(48)49-39-29-27-37(28-30-39)38-35-44-41(45-36-38)25-23-21-19-17-12-10-8-6-4-2/h27-30,35-36,40H,3-26,31-34H2,1-2H3. The Morgan fingerprint density at radius 3 is 1.58 bits per heavy atom. The molecule has 0 spiro atoms. The molecule has 1 saturated heterocycles. The molecular formula is C43H69N3O4. The van der Waals surface area contributed by atoms with Crippen molar-refractivity contribution in [1.29, 1.82) is 0 Å². The van der Waals surface area contributed by atoms with Gasteiger partial charge in [0.05, 0.1) is 0 Å². The average Bonchev–Trinajstić information content (AvgIpc) is 3.13. The number of carbonyl (C=O) groups excluding carboxylic acids is 2. The summed E-state index contributed by atoms with van der Waals surface area (Å²) in [6.07, 6.45) is 34.4. The van der Waals surface area contributed by atoms with Gasteiger partial charge in [0.1, 0.15) is 17.7 Å². The number of piperidine rings is 1. The first-order valence-corrected chi connectivity index (χ1v) is 20.7. The van der Waals surface area contributed by atoms with Gasteiger partial charge in [-0.15, -0.1) is 0 Å². The Bertz CT molecular complexity index is 1150. The van der Waals surface area contributed by atoms with E-state index in [1.807, 2.05) is 29.4 Å². The van der Waals surface area contributed by atoms with E-state index in [0.29, 0.717) is 38.1 Å². The zero-order valence-corrected chi connectivity index (χ0v) is 31.8. The lowest BCUT2D eigenvalue weighted by Crippen LogP contribution is -2.41. The molecule has 1 fully saturated rings. The summed E-state index contributed by atoms with van der Waals surface area (Å²) >= 11 is 0. The zero-order valence-electron chi connectivity index (χ0n) is 31.8. The van der Waals surface area contributed by atoms with Crippen LogP contribution in [0.1, 0.15) is 180 Å². The first kappa shape index (κ1) is 41.5. The van der Waals surface area contributed by atoms with E-state index >= 15 is 0 Å². The molecule has 2 heterocycles. The lowest BCUT2D eigenvalue weighted by Gasteiger charge is -2.31. The van der Waals surface area contributed by atoms with Crippen LogP contribution in [0.2, 0.25) is 0 Å². The maximum absolute atomic E-state index is 12.7. The van der Waals surface area contributed by atoms with Gasteiger partial charge in [-0.05, 0) is 30.5 Å². The second-order valence-electron chi connectivity index (χ2n) is 14.5. The number of carbonyl (C=O) groups is 2. The van der Waals surface area contributed by atoms with Gasteiger partial charge in [0.15, 0.2) is 0 Å². The van der Waals surface area contributed by atoms with Crippen molar-refractivity contribution in [3.8, 4) is 16.9 Å². The highest BCUT2D eigenvalue weighted by atomic mass is 16.7. The molecule has 1 aromatic carbocycles. The Balaban J connectivity index is 1.21. The summed E-state index contributed by atoms with van der Waals surface area (Å²) in [5.41, 5.74) is 1.90. The monoisotopic (exact) mass is 692 g/mol. The van der Waals surface area contributed by atoms with Crippen molar-refractivity contribution in [1.82, 2.24) is 14.9 Å². The third-order valence-electron chi connectivity index (χ3n) is 10.1. The van der Waals surface area contributed by atoms with Crippen LogP contribution in [0.4, 0.5) is 4.79 Å². The normalized spacial score (nSPS) is 13.4. The van der Waals surface area contributed by atoms with Crippen LogP contribution in [0, 0.1) is 0 Å². The highest BCUT2D eigenvalue weighted by molar-refractivity contribution is 5.76. The van der Waals surface area contributed by atoms with Crippen LogP contribution < -0.4 is 4.74 Å². The van der Waals surface area contributed by atoms with Crippen LogP contribution in [0.25, 0.3) is 11.1 Å². The summed E-state index contributed by atoms with van der Waals surface area (Å²) < 4.78 is 11.0. The fraction of sp³-hybridized carbons (Fsp3) is 0.721. The van der Waals surface area contributed by atoms with E-state index in [0.717, 1.165) is 42.6 Å². The van der Waals surface area contributed by atoms with Crippen LogP contribution in [0.5, 0.6) is 5.75 Å². The molecule has 280 valence electrons. The second-order valence-corrected chi connectivity index (χ2v) is 14.5. The number of amides is 1. The Morgan fingerprint density at radius 2 is 1.08 bits per heavy atom. The number of hydrogen-bond donors (Lipinski definition) is 0. The molecule has 1 aromatic heterocycles. The molecule has 7 heteroatoms. The molecular weight excluding hydrogens is 622 g/mol. The molecule has 0 N–H and O–H groups in total. The predicted molar refractivity (Wildman–Crippen MR) is 205 cm³/mol. The van der Waals surface area contributed by atoms with Gasteiger partial charge in [-0.3, -0.25) is 4.79 Å². The van der Waals surface area contributed by atoms with Crippen LogP contribution in [-0.4, -0.2) is 46.1 Å². The first-order chi connectivity index (χ1) is 24.6. The molecule has 7 nitrogen and oxygen atoms in total. The zero-order chi connectivity index (χ0) is 35.5. The van der Waals surface area contributed by atoms with Gasteiger partial charge in [-0.2, -0.15) is 0 Å². The first-order valence-electron chi connectivity index (χ1n) is 20.7. The Morgan fingerprint density at radius 1 is 0.620 bits per heavy atom. The van der Waals surface area contributed by atoms with Crippen molar-refractivity contribution in [2.75, 3.05) is 13.1 Å². The van der Waals surface area contributed by atoms with E-state index in [1.54, 1.807) is 12.1 Å². The Kier molecular flexibility index (Phi) is 22.2. The van der Waals surface area contributed by atoms with Crippen molar-refractivity contribution in [2.24, 2.45) is 0 Å². The summed E-state index contributed by atoms with van der Waals surface area (Å²) in [6, 6.07) is 7.35. The number of likely N-dealkylation sites (tertiary alicyclic amines) is 1. The van der Waals surface area contributed by atoms with Crippen molar-refractivity contribution in [2.45, 2.75) is 187 Å². The Hall–Kier alpha value is -2.96. The molecule has 1 aliphatic heterocycles. The number of benzene rings is 1. The molecule has 0 unspecified atom stereocenters. The molecule has 0 saturated carbocycles. The van der Waals surface area contributed by atoms with Crippen LogP contribution in [-0.2, 0) is 16.0 Å². The SMILES string of the molecule is CCCCCCCCCCCCCCCC(=O)N1CCC(OC(=O)Oc2ccc(-c3cnc(CCCCCCCCCCC)nc3)cc2)CC1. The van der Waals surface area contributed by atoms with E-state index in [-0.39, 0.29) is 12.0 Å². The minimum absolute atomic E-state index is 0.228. The molecule has 0 aliphatic carbocycles. The number of unbranched alkanes of at least 4 members (excludes halogenated alkanes) is 20. The van der Waals surface area contributed by atoms with Gasteiger partial charge in [0.2, 0.25) is 5.91 Å². The minimum Gasteiger partial charge on any atom is -0.431 e. The van der Waals surface area contributed by atoms with Crippen molar-refractivity contribution in [3.05, 3.63) is 42.5 Å². The number of aromatic nitrogens is 2. The summed E-state index contributed by atoms with van der Waals surface area (Å²) in [5, 5.41) is 0. The maximum atomic E-state index is 12.7. The molecule has 0 atom stereocenters. The lowest BCUT2D eigenvalue weighted by molar-refractivity contribution is -0.133. The number of ether oxygens (including phenoxy) is 2. The van der Waals surface area contributed by atoms with Gasteiger partial charge >= 0.3 is 6.16 Å². The van der Waals surface area contributed by atoms with E-state index in [1.165, 1.54) is 122 Å². The molecule has 1 aliphatic rings. The lowest BCUT2D eigenvalue weighted by atomic mass is 10.0. The van der Waals surface area contributed by atoms with Gasteiger partial charge in [-0.1, -0.05) is 154 Å². The molecule has 0 radical (unpaired) electrons. The van der Waals surface area contributed by atoms with Crippen LogP contribution in [0.15, 0.2) is 36.7 Å². The van der Waals surface area contributed by atoms with Crippen molar-refractivity contribution in [3.63, 3.8) is 0 Å².